The Labute approximate surface area is 208 Å². The lowest BCUT2D eigenvalue weighted by molar-refractivity contribution is -0.121. The first-order chi connectivity index (χ1) is 16.9. The average molecular weight is 489 g/mol. The van der Waals surface area contributed by atoms with Crippen molar-refractivity contribution in [1.29, 1.82) is 0 Å². The SMILES string of the molecule is Cc1ccc(-c2cc(C(=O)N3CCCC(C(=O)Nc4nccs4)C3)c3cnn(C(C)C)c3n2)cc1. The third-order valence-electron chi connectivity index (χ3n) is 6.38. The summed E-state index contributed by atoms with van der Waals surface area (Å²) in [7, 11) is 0. The Kier molecular flexibility index (Phi) is 6.34. The topological polar surface area (TPSA) is 93.0 Å². The van der Waals surface area contributed by atoms with Crippen LogP contribution < -0.4 is 5.32 Å². The molecule has 0 spiro atoms. The van der Waals surface area contributed by atoms with Crippen molar-refractivity contribution in [3.63, 3.8) is 0 Å². The van der Waals surface area contributed by atoms with E-state index in [1.807, 2.05) is 61.2 Å². The Morgan fingerprint density at radius 2 is 2.00 bits per heavy atom. The van der Waals surface area contributed by atoms with Crippen molar-refractivity contribution in [2.75, 3.05) is 18.4 Å². The van der Waals surface area contributed by atoms with E-state index in [9.17, 15) is 9.59 Å². The molecule has 2 amide bonds. The Bertz CT molecular complexity index is 1360. The van der Waals surface area contributed by atoms with E-state index >= 15 is 0 Å². The van der Waals surface area contributed by atoms with Crippen molar-refractivity contribution in [2.45, 2.75) is 39.7 Å². The van der Waals surface area contributed by atoms with E-state index in [1.165, 1.54) is 11.3 Å². The fraction of sp³-hybridized carbons (Fsp3) is 0.346. The van der Waals surface area contributed by atoms with Crippen LogP contribution in [-0.2, 0) is 4.79 Å². The molecule has 0 bridgehead atoms. The van der Waals surface area contributed by atoms with Gasteiger partial charge in [-0.2, -0.15) is 5.10 Å². The molecule has 0 aliphatic carbocycles. The van der Waals surface area contributed by atoms with Crippen LogP contribution in [0.15, 0.2) is 48.1 Å². The van der Waals surface area contributed by atoms with Gasteiger partial charge in [0.2, 0.25) is 5.91 Å². The fourth-order valence-corrected chi connectivity index (χ4v) is 5.02. The van der Waals surface area contributed by atoms with Crippen molar-refractivity contribution in [1.82, 2.24) is 24.6 Å². The molecule has 1 unspecified atom stereocenters. The summed E-state index contributed by atoms with van der Waals surface area (Å²) < 4.78 is 1.85. The number of carbonyl (C=O) groups is 2. The van der Waals surface area contributed by atoms with Gasteiger partial charge in [-0.25, -0.2) is 14.6 Å². The standard InChI is InChI=1S/C26H28N6O2S/c1-16(2)32-23-21(14-28-32)20(13-22(29-23)18-8-6-17(3)7-9-18)25(34)31-11-4-5-19(15-31)24(33)30-26-27-10-12-35-26/h6-10,12-14,16,19H,4-5,11,15H2,1-3H3,(H,27,30,33). The quantitative estimate of drug-likeness (QED) is 0.430. The van der Waals surface area contributed by atoms with E-state index in [-0.39, 0.29) is 23.8 Å². The lowest BCUT2D eigenvalue weighted by Crippen LogP contribution is -2.43. The van der Waals surface area contributed by atoms with Crippen molar-refractivity contribution in [2.24, 2.45) is 5.92 Å². The number of amides is 2. The van der Waals surface area contributed by atoms with Gasteiger partial charge in [-0.05, 0) is 39.7 Å². The van der Waals surface area contributed by atoms with E-state index in [0.717, 1.165) is 35.0 Å². The largest absolute Gasteiger partial charge is 0.338 e. The second-order valence-electron chi connectivity index (χ2n) is 9.26. The molecule has 1 N–H and O–H groups in total. The van der Waals surface area contributed by atoms with Gasteiger partial charge in [0.05, 0.1) is 28.8 Å². The molecule has 1 aliphatic heterocycles. The number of anilines is 1. The molecule has 1 aromatic carbocycles. The Morgan fingerprint density at radius 3 is 2.71 bits per heavy atom. The van der Waals surface area contributed by atoms with Gasteiger partial charge in [0.15, 0.2) is 10.8 Å². The second-order valence-corrected chi connectivity index (χ2v) is 10.2. The summed E-state index contributed by atoms with van der Waals surface area (Å²) in [5.41, 5.74) is 4.10. The number of carbonyl (C=O) groups excluding carboxylic acids is 2. The van der Waals surface area contributed by atoms with Crippen LogP contribution in [0.4, 0.5) is 5.13 Å². The number of nitrogens with zero attached hydrogens (tertiary/aromatic N) is 5. The third-order valence-corrected chi connectivity index (χ3v) is 7.06. The van der Waals surface area contributed by atoms with Gasteiger partial charge < -0.3 is 10.2 Å². The van der Waals surface area contributed by atoms with Crippen LogP contribution in [0.1, 0.15) is 48.7 Å². The fourth-order valence-electron chi connectivity index (χ4n) is 4.48. The molecule has 3 aromatic heterocycles. The van der Waals surface area contributed by atoms with Gasteiger partial charge >= 0.3 is 0 Å². The third kappa shape index (κ3) is 4.68. The van der Waals surface area contributed by atoms with Crippen LogP contribution >= 0.6 is 11.3 Å². The van der Waals surface area contributed by atoms with Crippen LogP contribution in [0.2, 0.25) is 0 Å². The molecular formula is C26H28N6O2S. The number of aromatic nitrogens is 4. The molecule has 35 heavy (non-hydrogen) atoms. The summed E-state index contributed by atoms with van der Waals surface area (Å²) in [6, 6.07) is 10.1. The summed E-state index contributed by atoms with van der Waals surface area (Å²) >= 11 is 1.39. The number of fused-ring (bicyclic) bond motifs is 1. The minimum atomic E-state index is -0.274. The second kappa shape index (κ2) is 9.58. The van der Waals surface area contributed by atoms with E-state index in [2.05, 4.69) is 15.4 Å². The summed E-state index contributed by atoms with van der Waals surface area (Å²) in [6.45, 7) is 7.12. The molecule has 0 radical (unpaired) electrons. The predicted octanol–water partition coefficient (Wildman–Crippen LogP) is 4.94. The first-order valence-corrected chi connectivity index (χ1v) is 12.7. The number of hydrogen-bond acceptors (Lipinski definition) is 6. The van der Waals surface area contributed by atoms with Crippen molar-refractivity contribution in [3.05, 3.63) is 59.2 Å². The van der Waals surface area contributed by atoms with Gasteiger partial charge in [-0.3, -0.25) is 9.59 Å². The summed E-state index contributed by atoms with van der Waals surface area (Å²) in [5.74, 6) is -0.463. The van der Waals surface area contributed by atoms with Gasteiger partial charge in [-0.1, -0.05) is 29.8 Å². The average Bonchev–Trinajstić information content (AvgIpc) is 3.53. The van der Waals surface area contributed by atoms with Crippen molar-refractivity contribution < 1.29 is 9.59 Å². The van der Waals surface area contributed by atoms with Crippen LogP contribution in [0.3, 0.4) is 0 Å². The highest BCUT2D eigenvalue weighted by atomic mass is 32.1. The molecule has 9 heteroatoms. The lowest BCUT2D eigenvalue weighted by Gasteiger charge is -2.32. The molecule has 8 nitrogen and oxygen atoms in total. The van der Waals surface area contributed by atoms with Gasteiger partial charge in [0.25, 0.3) is 5.91 Å². The summed E-state index contributed by atoms with van der Waals surface area (Å²) in [6.07, 6.45) is 4.90. The zero-order chi connectivity index (χ0) is 24.5. The minimum absolute atomic E-state index is 0.0923. The first-order valence-electron chi connectivity index (χ1n) is 11.9. The van der Waals surface area contributed by atoms with Crippen LogP contribution in [0, 0.1) is 12.8 Å². The number of likely N-dealkylation sites (tertiary alicyclic amines) is 1. The highest BCUT2D eigenvalue weighted by molar-refractivity contribution is 7.13. The monoisotopic (exact) mass is 488 g/mol. The number of rotatable bonds is 5. The Balaban J connectivity index is 1.48. The molecular weight excluding hydrogens is 460 g/mol. The highest BCUT2D eigenvalue weighted by Crippen LogP contribution is 2.29. The van der Waals surface area contributed by atoms with Crippen LogP contribution in [-0.4, -0.2) is 49.6 Å². The maximum Gasteiger partial charge on any atom is 0.254 e. The normalized spacial score (nSPS) is 16.1. The van der Waals surface area contributed by atoms with E-state index < -0.39 is 0 Å². The van der Waals surface area contributed by atoms with Gasteiger partial charge in [-0.15, -0.1) is 11.3 Å². The van der Waals surface area contributed by atoms with E-state index in [1.54, 1.807) is 17.3 Å². The van der Waals surface area contributed by atoms with Gasteiger partial charge in [0.1, 0.15) is 0 Å². The number of aryl methyl sites for hydroxylation is 1. The van der Waals surface area contributed by atoms with E-state index in [4.69, 9.17) is 4.98 Å². The first kappa shape index (κ1) is 23.2. The molecule has 180 valence electrons. The molecule has 4 heterocycles. The summed E-state index contributed by atoms with van der Waals surface area (Å²) in [5, 5.41) is 10.5. The molecule has 1 atom stereocenters. The van der Waals surface area contributed by atoms with Gasteiger partial charge in [0, 0.05) is 36.3 Å². The smallest absolute Gasteiger partial charge is 0.254 e. The number of nitrogens with one attached hydrogen (secondary N) is 1. The molecule has 1 aliphatic rings. The minimum Gasteiger partial charge on any atom is -0.338 e. The van der Waals surface area contributed by atoms with Crippen molar-refractivity contribution >= 4 is 39.3 Å². The maximum atomic E-state index is 13.8. The number of piperidine rings is 1. The number of pyridine rings is 1. The van der Waals surface area contributed by atoms with E-state index in [0.29, 0.717) is 29.4 Å². The molecule has 4 aromatic rings. The number of benzene rings is 1. The predicted molar refractivity (Wildman–Crippen MR) is 137 cm³/mol. The summed E-state index contributed by atoms with van der Waals surface area (Å²) in [4.78, 5) is 37.5. The van der Waals surface area contributed by atoms with Crippen molar-refractivity contribution in [3.8, 4) is 11.3 Å². The zero-order valence-corrected chi connectivity index (χ0v) is 20.9. The molecule has 1 fully saturated rings. The molecule has 0 saturated carbocycles. The number of hydrogen-bond donors (Lipinski definition) is 1. The molecule has 5 rings (SSSR count). The molecule has 1 saturated heterocycles. The highest BCUT2D eigenvalue weighted by Gasteiger charge is 2.31. The van der Waals surface area contributed by atoms with Crippen LogP contribution in [0.25, 0.3) is 22.3 Å². The maximum absolute atomic E-state index is 13.8. The number of thiazole rings is 1. The Hall–Kier alpha value is -3.59. The van der Waals surface area contributed by atoms with Crippen LogP contribution in [0.5, 0.6) is 0 Å². The Morgan fingerprint density at radius 1 is 1.20 bits per heavy atom. The lowest BCUT2D eigenvalue weighted by atomic mass is 9.96. The zero-order valence-electron chi connectivity index (χ0n) is 20.1.